The summed E-state index contributed by atoms with van der Waals surface area (Å²) in [6.07, 6.45) is 0. The van der Waals surface area contributed by atoms with E-state index in [-0.39, 0.29) is 11.3 Å². The summed E-state index contributed by atoms with van der Waals surface area (Å²) >= 11 is 0. The zero-order chi connectivity index (χ0) is 23.9. The fraction of sp³-hybridized carbons (Fsp3) is 0.321. The van der Waals surface area contributed by atoms with Crippen molar-refractivity contribution in [3.8, 4) is 0 Å². The fourth-order valence-corrected chi connectivity index (χ4v) is 4.16. The fourth-order valence-electron chi connectivity index (χ4n) is 4.16. The van der Waals surface area contributed by atoms with Crippen LogP contribution in [0.3, 0.4) is 0 Å². The van der Waals surface area contributed by atoms with Gasteiger partial charge in [0, 0.05) is 11.1 Å². The monoisotopic (exact) mass is 440 g/mol. The molecule has 1 amide bonds. The Balaban J connectivity index is 1.61. The van der Waals surface area contributed by atoms with Crippen LogP contribution in [0.25, 0.3) is 10.9 Å². The van der Waals surface area contributed by atoms with Gasteiger partial charge in [0.1, 0.15) is 0 Å². The van der Waals surface area contributed by atoms with Gasteiger partial charge in [0.25, 0.3) is 5.91 Å². The molecule has 0 saturated carbocycles. The lowest BCUT2D eigenvalue weighted by molar-refractivity contribution is 0.102. The van der Waals surface area contributed by atoms with Gasteiger partial charge < -0.3 is 5.32 Å². The molecule has 4 rings (SSSR count). The van der Waals surface area contributed by atoms with Gasteiger partial charge in [-0.3, -0.25) is 14.5 Å². The highest BCUT2D eigenvalue weighted by Crippen LogP contribution is 2.26. The molecule has 0 aliphatic carbocycles. The number of hydrogen-bond donors (Lipinski definition) is 1. The summed E-state index contributed by atoms with van der Waals surface area (Å²) in [7, 11) is 0. The number of aromatic nitrogens is 3. The Labute approximate surface area is 195 Å². The van der Waals surface area contributed by atoms with Crippen molar-refractivity contribution in [2.24, 2.45) is 0 Å². The molecule has 1 N–H and O–H groups in total. The first-order valence-corrected chi connectivity index (χ1v) is 11.4. The van der Waals surface area contributed by atoms with Gasteiger partial charge in [0.15, 0.2) is 0 Å². The van der Waals surface area contributed by atoms with E-state index in [4.69, 9.17) is 5.10 Å². The minimum Gasteiger partial charge on any atom is -0.319 e. The Morgan fingerprint density at radius 3 is 2.33 bits per heavy atom. The topological polar surface area (TPSA) is 59.8 Å². The van der Waals surface area contributed by atoms with Crippen LogP contribution in [-0.2, 0) is 12.0 Å². The summed E-state index contributed by atoms with van der Waals surface area (Å²) in [5.74, 6) is -0.142. The van der Waals surface area contributed by atoms with Gasteiger partial charge in [-0.05, 0) is 62.4 Å². The molecular weight excluding hydrogens is 408 g/mol. The minimum atomic E-state index is -0.142. The summed E-state index contributed by atoms with van der Waals surface area (Å²) in [6, 6.07) is 16.5. The van der Waals surface area contributed by atoms with Gasteiger partial charge in [0.2, 0.25) is 0 Å². The third kappa shape index (κ3) is 4.68. The Hall–Kier alpha value is -3.47. The van der Waals surface area contributed by atoms with Crippen LogP contribution in [-0.4, -0.2) is 20.7 Å². The van der Waals surface area contributed by atoms with Crippen molar-refractivity contribution in [1.29, 1.82) is 0 Å². The molecule has 0 bridgehead atoms. The molecule has 2 aromatic carbocycles. The van der Waals surface area contributed by atoms with Crippen molar-refractivity contribution < 1.29 is 4.79 Å². The van der Waals surface area contributed by atoms with E-state index in [9.17, 15) is 4.79 Å². The van der Waals surface area contributed by atoms with Crippen molar-refractivity contribution in [2.75, 3.05) is 5.32 Å². The molecular formula is C28H32N4O. The maximum absolute atomic E-state index is 13.3. The van der Waals surface area contributed by atoms with E-state index in [2.05, 4.69) is 55.3 Å². The van der Waals surface area contributed by atoms with Crippen LogP contribution in [0.5, 0.6) is 0 Å². The van der Waals surface area contributed by atoms with E-state index < -0.39 is 0 Å². The highest BCUT2D eigenvalue weighted by Gasteiger charge is 2.18. The molecule has 33 heavy (non-hydrogen) atoms. The molecule has 170 valence electrons. The number of hydrogen-bond acceptors (Lipinski definition) is 3. The summed E-state index contributed by atoms with van der Waals surface area (Å²) in [4.78, 5) is 17.9. The van der Waals surface area contributed by atoms with E-state index >= 15 is 0 Å². The SMILES string of the molecule is Cc1ccc2nc(C)cc(C(=O)Nc3c(C)nn(Cc4ccc(C(C)(C)C)cc4)c3C)c2c1. The molecule has 5 nitrogen and oxygen atoms in total. The summed E-state index contributed by atoms with van der Waals surface area (Å²) in [5, 5.41) is 8.69. The van der Waals surface area contributed by atoms with Gasteiger partial charge in [-0.1, -0.05) is 56.7 Å². The number of amides is 1. The standard InChI is InChI=1S/C28H32N4O/c1-17-8-13-25-23(14-17)24(15-18(2)29-25)27(33)30-26-19(3)31-32(20(26)4)16-21-9-11-22(12-10-21)28(5,6)7/h8-15H,16H2,1-7H3,(H,30,33). The molecule has 5 heteroatoms. The second-order valence-corrected chi connectivity index (χ2v) is 9.94. The first-order valence-electron chi connectivity index (χ1n) is 11.4. The molecule has 0 unspecified atom stereocenters. The number of rotatable bonds is 4. The molecule has 0 spiro atoms. The Kier molecular flexibility index (Phi) is 5.83. The van der Waals surface area contributed by atoms with Crippen molar-refractivity contribution in [2.45, 2.75) is 60.4 Å². The number of nitrogens with one attached hydrogen (secondary N) is 1. The highest BCUT2D eigenvalue weighted by molar-refractivity contribution is 6.12. The summed E-state index contributed by atoms with van der Waals surface area (Å²) in [5.41, 5.74) is 8.49. The van der Waals surface area contributed by atoms with E-state index in [1.807, 2.05) is 56.6 Å². The number of pyridine rings is 1. The maximum atomic E-state index is 13.3. The van der Waals surface area contributed by atoms with Gasteiger partial charge in [0.05, 0.1) is 34.7 Å². The Morgan fingerprint density at radius 2 is 1.67 bits per heavy atom. The number of carbonyl (C=O) groups excluding carboxylic acids is 1. The van der Waals surface area contributed by atoms with Gasteiger partial charge in [-0.15, -0.1) is 0 Å². The van der Waals surface area contributed by atoms with Crippen molar-refractivity contribution >= 4 is 22.5 Å². The van der Waals surface area contributed by atoms with Crippen LogP contribution in [0.2, 0.25) is 0 Å². The highest BCUT2D eigenvalue weighted by atomic mass is 16.1. The number of benzene rings is 2. The number of anilines is 1. The summed E-state index contributed by atoms with van der Waals surface area (Å²) in [6.45, 7) is 15.2. The molecule has 0 aliphatic heterocycles. The zero-order valence-corrected chi connectivity index (χ0v) is 20.6. The maximum Gasteiger partial charge on any atom is 0.256 e. The largest absolute Gasteiger partial charge is 0.319 e. The van der Waals surface area contributed by atoms with Gasteiger partial charge >= 0.3 is 0 Å². The predicted octanol–water partition coefficient (Wildman–Crippen LogP) is 6.26. The average Bonchev–Trinajstić information content (AvgIpc) is 3.00. The van der Waals surface area contributed by atoms with E-state index in [0.717, 1.165) is 39.2 Å². The number of carbonyl (C=O) groups is 1. The van der Waals surface area contributed by atoms with E-state index in [1.54, 1.807) is 0 Å². The molecule has 2 aromatic heterocycles. The molecule has 0 fully saturated rings. The normalized spacial score (nSPS) is 11.7. The molecule has 0 atom stereocenters. The van der Waals surface area contributed by atoms with Crippen LogP contribution in [0, 0.1) is 27.7 Å². The smallest absolute Gasteiger partial charge is 0.256 e. The zero-order valence-electron chi connectivity index (χ0n) is 20.6. The molecule has 4 aromatic rings. The van der Waals surface area contributed by atoms with Gasteiger partial charge in [-0.2, -0.15) is 5.10 Å². The molecule has 0 aliphatic rings. The van der Waals surface area contributed by atoms with Crippen LogP contribution in [0.15, 0.2) is 48.5 Å². The lowest BCUT2D eigenvalue weighted by Crippen LogP contribution is -2.14. The third-order valence-electron chi connectivity index (χ3n) is 6.11. The van der Waals surface area contributed by atoms with Crippen LogP contribution < -0.4 is 5.32 Å². The Bertz CT molecular complexity index is 1340. The van der Waals surface area contributed by atoms with Crippen LogP contribution in [0.4, 0.5) is 5.69 Å². The molecule has 0 saturated heterocycles. The number of fused-ring (bicyclic) bond motifs is 1. The number of aryl methyl sites for hydroxylation is 3. The Morgan fingerprint density at radius 1 is 0.970 bits per heavy atom. The van der Waals surface area contributed by atoms with Crippen molar-refractivity contribution in [3.05, 3.63) is 87.9 Å². The first-order chi connectivity index (χ1) is 15.5. The molecule has 0 radical (unpaired) electrons. The third-order valence-corrected chi connectivity index (χ3v) is 6.11. The summed E-state index contributed by atoms with van der Waals surface area (Å²) < 4.78 is 1.96. The minimum absolute atomic E-state index is 0.127. The van der Waals surface area contributed by atoms with Crippen molar-refractivity contribution in [3.63, 3.8) is 0 Å². The molecule has 2 heterocycles. The van der Waals surface area contributed by atoms with Gasteiger partial charge in [-0.25, -0.2) is 0 Å². The lowest BCUT2D eigenvalue weighted by Gasteiger charge is -2.19. The van der Waals surface area contributed by atoms with E-state index in [0.29, 0.717) is 12.1 Å². The second-order valence-electron chi connectivity index (χ2n) is 9.94. The lowest BCUT2D eigenvalue weighted by atomic mass is 9.87. The van der Waals surface area contributed by atoms with E-state index in [1.165, 1.54) is 11.1 Å². The first kappa shape index (κ1) is 22.7. The number of nitrogens with zero attached hydrogens (tertiary/aromatic N) is 3. The average molecular weight is 441 g/mol. The second kappa shape index (κ2) is 8.47. The predicted molar refractivity (Wildman–Crippen MR) is 135 cm³/mol. The van der Waals surface area contributed by atoms with Crippen molar-refractivity contribution in [1.82, 2.24) is 14.8 Å². The van der Waals surface area contributed by atoms with Crippen LogP contribution >= 0.6 is 0 Å². The quantitative estimate of drug-likeness (QED) is 0.407. The van der Waals surface area contributed by atoms with Crippen LogP contribution in [0.1, 0.15) is 64.9 Å².